The molecule has 0 aliphatic heterocycles. The summed E-state index contributed by atoms with van der Waals surface area (Å²) < 4.78 is 1.82. The molecular weight excluding hydrogens is 236 g/mol. The minimum atomic E-state index is -0.668. The fraction of sp³-hybridized carbons (Fsp3) is 0.636. The van der Waals surface area contributed by atoms with E-state index in [2.05, 4.69) is 10.4 Å². The van der Waals surface area contributed by atoms with Gasteiger partial charge < -0.3 is 5.32 Å². The zero-order valence-corrected chi connectivity index (χ0v) is 10.2. The normalized spacial score (nSPS) is 21.6. The van der Waals surface area contributed by atoms with Gasteiger partial charge >= 0.3 is 0 Å². The molecule has 7 nitrogen and oxygen atoms in total. The van der Waals surface area contributed by atoms with Gasteiger partial charge in [-0.1, -0.05) is 0 Å². The SMILES string of the molecule is Cc1cnn(CCCNC(=O)[C@@H]2C[C@@H]2[N+](=O)[O-])c1. The highest BCUT2D eigenvalue weighted by molar-refractivity contribution is 5.81. The summed E-state index contributed by atoms with van der Waals surface area (Å²) in [6.45, 7) is 3.23. The molecule has 98 valence electrons. The van der Waals surface area contributed by atoms with Gasteiger partial charge in [0, 0.05) is 30.6 Å². The molecule has 1 aromatic rings. The first-order chi connectivity index (χ1) is 8.58. The minimum Gasteiger partial charge on any atom is -0.356 e. The first-order valence-electron chi connectivity index (χ1n) is 5.98. The van der Waals surface area contributed by atoms with E-state index >= 15 is 0 Å². The van der Waals surface area contributed by atoms with Crippen LogP contribution >= 0.6 is 0 Å². The maximum Gasteiger partial charge on any atom is 0.230 e. The number of rotatable bonds is 6. The second-order valence-corrected chi connectivity index (χ2v) is 4.62. The van der Waals surface area contributed by atoms with Crippen molar-refractivity contribution in [1.82, 2.24) is 15.1 Å². The Morgan fingerprint density at radius 1 is 1.72 bits per heavy atom. The van der Waals surface area contributed by atoms with Gasteiger partial charge in [-0.05, 0) is 18.9 Å². The quantitative estimate of drug-likeness (QED) is 0.449. The van der Waals surface area contributed by atoms with E-state index in [1.807, 2.05) is 17.8 Å². The van der Waals surface area contributed by atoms with Crippen LogP contribution in [0.2, 0.25) is 0 Å². The number of hydrogen-bond donors (Lipinski definition) is 1. The molecule has 0 radical (unpaired) electrons. The first-order valence-corrected chi connectivity index (χ1v) is 5.98. The molecule has 2 atom stereocenters. The summed E-state index contributed by atoms with van der Waals surface area (Å²) in [7, 11) is 0. The summed E-state index contributed by atoms with van der Waals surface area (Å²) in [5.41, 5.74) is 1.10. The number of carbonyl (C=O) groups excluding carboxylic acids is 1. The van der Waals surface area contributed by atoms with E-state index in [9.17, 15) is 14.9 Å². The molecule has 0 spiro atoms. The Labute approximate surface area is 104 Å². The zero-order valence-electron chi connectivity index (χ0n) is 10.2. The van der Waals surface area contributed by atoms with Crippen molar-refractivity contribution >= 4 is 5.91 Å². The molecule has 1 N–H and O–H groups in total. The Bertz CT molecular complexity index is 457. The predicted molar refractivity (Wildman–Crippen MR) is 63.5 cm³/mol. The van der Waals surface area contributed by atoms with Crippen molar-refractivity contribution in [3.63, 3.8) is 0 Å². The molecule has 1 saturated carbocycles. The largest absolute Gasteiger partial charge is 0.356 e. The molecule has 2 rings (SSSR count). The molecule has 1 aliphatic rings. The lowest BCUT2D eigenvalue weighted by Gasteiger charge is -2.04. The van der Waals surface area contributed by atoms with Gasteiger partial charge in [-0.3, -0.25) is 19.6 Å². The molecular formula is C11H16N4O3. The van der Waals surface area contributed by atoms with Crippen LogP contribution in [0.3, 0.4) is 0 Å². The maximum absolute atomic E-state index is 11.5. The highest BCUT2D eigenvalue weighted by Crippen LogP contribution is 2.32. The van der Waals surface area contributed by atoms with E-state index in [-0.39, 0.29) is 10.8 Å². The highest BCUT2D eigenvalue weighted by atomic mass is 16.6. The Kier molecular flexibility index (Phi) is 3.59. The molecule has 1 fully saturated rings. The third-order valence-corrected chi connectivity index (χ3v) is 2.99. The summed E-state index contributed by atoms with van der Waals surface area (Å²) in [6.07, 6.45) is 4.86. The molecule has 1 amide bonds. The van der Waals surface area contributed by atoms with E-state index < -0.39 is 12.0 Å². The van der Waals surface area contributed by atoms with Gasteiger partial charge in [-0.2, -0.15) is 5.10 Å². The number of aryl methyl sites for hydroxylation is 2. The summed E-state index contributed by atoms with van der Waals surface area (Å²) in [6, 6.07) is -0.668. The summed E-state index contributed by atoms with van der Waals surface area (Å²) >= 11 is 0. The second-order valence-electron chi connectivity index (χ2n) is 4.62. The van der Waals surface area contributed by atoms with Crippen molar-refractivity contribution in [3.8, 4) is 0 Å². The average molecular weight is 252 g/mol. The third-order valence-electron chi connectivity index (χ3n) is 2.99. The van der Waals surface area contributed by atoms with Gasteiger partial charge in [0.1, 0.15) is 5.92 Å². The van der Waals surface area contributed by atoms with Crippen molar-refractivity contribution < 1.29 is 9.72 Å². The molecule has 0 aromatic carbocycles. The first kappa shape index (κ1) is 12.5. The van der Waals surface area contributed by atoms with Gasteiger partial charge in [0.2, 0.25) is 11.9 Å². The smallest absolute Gasteiger partial charge is 0.230 e. The Balaban J connectivity index is 1.61. The maximum atomic E-state index is 11.5. The molecule has 0 saturated heterocycles. The van der Waals surface area contributed by atoms with Crippen molar-refractivity contribution in [2.45, 2.75) is 32.4 Å². The van der Waals surface area contributed by atoms with Crippen LogP contribution in [0.15, 0.2) is 12.4 Å². The molecule has 1 aromatic heterocycles. The molecule has 1 heterocycles. The van der Waals surface area contributed by atoms with Gasteiger partial charge in [0.05, 0.1) is 6.20 Å². The number of nitrogens with one attached hydrogen (secondary N) is 1. The summed E-state index contributed by atoms with van der Waals surface area (Å²) in [5.74, 6) is -0.625. The number of hydrogen-bond acceptors (Lipinski definition) is 4. The average Bonchev–Trinajstić information content (AvgIpc) is 3.03. The van der Waals surface area contributed by atoms with Gasteiger partial charge in [0.25, 0.3) is 0 Å². The van der Waals surface area contributed by atoms with Crippen molar-refractivity contribution in [2.24, 2.45) is 5.92 Å². The van der Waals surface area contributed by atoms with Crippen molar-refractivity contribution in [1.29, 1.82) is 0 Å². The van der Waals surface area contributed by atoms with Crippen LogP contribution in [0.5, 0.6) is 0 Å². The standard InChI is InChI=1S/C11H16N4O3/c1-8-6-13-14(7-8)4-2-3-12-11(16)9-5-10(9)15(17)18/h6-7,9-10H,2-5H2,1H3,(H,12,16)/t9-,10+/m1/s1. The lowest BCUT2D eigenvalue weighted by molar-refractivity contribution is -0.497. The summed E-state index contributed by atoms with van der Waals surface area (Å²) in [5, 5.41) is 17.3. The van der Waals surface area contributed by atoms with Crippen LogP contribution in [0.1, 0.15) is 18.4 Å². The Hall–Kier alpha value is -1.92. The molecule has 0 unspecified atom stereocenters. The molecule has 0 bridgehead atoms. The number of carbonyl (C=O) groups is 1. The lowest BCUT2D eigenvalue weighted by Crippen LogP contribution is -2.28. The van der Waals surface area contributed by atoms with Crippen LogP contribution in [0.25, 0.3) is 0 Å². The van der Waals surface area contributed by atoms with Crippen molar-refractivity contribution in [2.75, 3.05) is 6.54 Å². The van der Waals surface area contributed by atoms with E-state index in [0.717, 1.165) is 18.5 Å². The fourth-order valence-electron chi connectivity index (χ4n) is 1.87. The Morgan fingerprint density at radius 3 is 3.06 bits per heavy atom. The Morgan fingerprint density at radius 2 is 2.50 bits per heavy atom. The van der Waals surface area contributed by atoms with Gasteiger partial charge in [-0.25, -0.2) is 0 Å². The molecule has 7 heteroatoms. The van der Waals surface area contributed by atoms with Crippen LogP contribution < -0.4 is 5.32 Å². The monoisotopic (exact) mass is 252 g/mol. The van der Waals surface area contributed by atoms with Gasteiger partial charge in [-0.15, -0.1) is 0 Å². The number of nitro groups is 1. The van der Waals surface area contributed by atoms with E-state index in [0.29, 0.717) is 13.0 Å². The van der Waals surface area contributed by atoms with Crippen molar-refractivity contribution in [3.05, 3.63) is 28.1 Å². The highest BCUT2D eigenvalue weighted by Gasteiger charge is 2.53. The zero-order chi connectivity index (χ0) is 13.1. The molecule has 18 heavy (non-hydrogen) atoms. The van der Waals surface area contributed by atoms with E-state index in [1.165, 1.54) is 0 Å². The van der Waals surface area contributed by atoms with Crippen LogP contribution in [-0.2, 0) is 11.3 Å². The predicted octanol–water partition coefficient (Wildman–Crippen LogP) is 0.363. The number of amides is 1. The van der Waals surface area contributed by atoms with E-state index in [1.54, 1.807) is 6.20 Å². The minimum absolute atomic E-state index is 0.201. The lowest BCUT2D eigenvalue weighted by atomic mass is 10.3. The number of nitrogens with zero attached hydrogens (tertiary/aromatic N) is 3. The van der Waals surface area contributed by atoms with Crippen LogP contribution in [-0.4, -0.2) is 33.2 Å². The molecule has 1 aliphatic carbocycles. The number of aromatic nitrogens is 2. The van der Waals surface area contributed by atoms with E-state index in [4.69, 9.17) is 0 Å². The topological polar surface area (TPSA) is 90.1 Å². The van der Waals surface area contributed by atoms with Crippen LogP contribution in [0.4, 0.5) is 0 Å². The van der Waals surface area contributed by atoms with Gasteiger partial charge in [0.15, 0.2) is 0 Å². The fourth-order valence-corrected chi connectivity index (χ4v) is 1.87. The third kappa shape index (κ3) is 3.06. The summed E-state index contributed by atoms with van der Waals surface area (Å²) in [4.78, 5) is 21.5. The second kappa shape index (κ2) is 5.16. The van der Waals surface area contributed by atoms with Crippen LogP contribution in [0, 0.1) is 23.0 Å².